The summed E-state index contributed by atoms with van der Waals surface area (Å²) in [4.78, 5) is 8.78. The summed E-state index contributed by atoms with van der Waals surface area (Å²) in [7, 11) is 0. The Balaban J connectivity index is 1.42. The van der Waals surface area contributed by atoms with Gasteiger partial charge in [-0.1, -0.05) is 19.0 Å². The van der Waals surface area contributed by atoms with Crippen LogP contribution in [0, 0.1) is 0 Å². The molecule has 0 unspecified atom stereocenters. The van der Waals surface area contributed by atoms with Gasteiger partial charge in [-0.3, -0.25) is 5.10 Å². The van der Waals surface area contributed by atoms with Crippen molar-refractivity contribution >= 4 is 33.5 Å². The van der Waals surface area contributed by atoms with Gasteiger partial charge in [0.1, 0.15) is 0 Å². The van der Waals surface area contributed by atoms with Crippen LogP contribution in [0.5, 0.6) is 0 Å². The number of H-pyrrole nitrogens is 1. The average molecular weight is 418 g/mol. The molecule has 3 aromatic heterocycles. The van der Waals surface area contributed by atoms with Crippen molar-refractivity contribution < 1.29 is 4.52 Å². The highest BCUT2D eigenvalue weighted by Crippen LogP contribution is 2.39. The summed E-state index contributed by atoms with van der Waals surface area (Å²) in [5, 5.41) is 17.8. The molecule has 1 saturated carbocycles. The minimum absolute atomic E-state index is 0.335. The van der Waals surface area contributed by atoms with Gasteiger partial charge in [-0.2, -0.15) is 10.1 Å². The number of nitrogens with zero attached hydrogens (tertiary/aromatic N) is 4. The maximum Gasteiger partial charge on any atom is 0.225 e. The summed E-state index contributed by atoms with van der Waals surface area (Å²) in [5.41, 5.74) is 2.10. The van der Waals surface area contributed by atoms with Crippen LogP contribution in [0.1, 0.15) is 55.7 Å². The molecule has 136 valence electrons. The molecule has 0 saturated heterocycles. The summed E-state index contributed by atoms with van der Waals surface area (Å²) >= 11 is 3.47. The second kappa shape index (κ2) is 7.06. The van der Waals surface area contributed by atoms with E-state index in [-0.39, 0.29) is 0 Å². The van der Waals surface area contributed by atoms with Crippen LogP contribution in [0.15, 0.2) is 27.3 Å². The first-order valence-corrected chi connectivity index (χ1v) is 9.42. The Labute approximate surface area is 159 Å². The molecule has 26 heavy (non-hydrogen) atoms. The van der Waals surface area contributed by atoms with Gasteiger partial charge < -0.3 is 15.2 Å². The van der Waals surface area contributed by atoms with E-state index in [9.17, 15) is 0 Å². The smallest absolute Gasteiger partial charge is 0.225 e. The number of anilines is 3. The van der Waals surface area contributed by atoms with Gasteiger partial charge in [-0.15, -0.1) is 0 Å². The molecule has 1 aliphatic rings. The Morgan fingerprint density at radius 2 is 2.19 bits per heavy atom. The van der Waals surface area contributed by atoms with E-state index in [0.717, 1.165) is 21.7 Å². The molecule has 3 heterocycles. The highest BCUT2D eigenvalue weighted by atomic mass is 79.9. The van der Waals surface area contributed by atoms with Crippen molar-refractivity contribution in [2.75, 3.05) is 10.6 Å². The predicted molar refractivity (Wildman–Crippen MR) is 101 cm³/mol. The van der Waals surface area contributed by atoms with Crippen LogP contribution in [-0.4, -0.2) is 25.3 Å². The normalized spacial score (nSPS) is 14.0. The molecule has 3 N–H and O–H groups in total. The first-order valence-electron chi connectivity index (χ1n) is 8.62. The van der Waals surface area contributed by atoms with E-state index in [2.05, 4.69) is 65.7 Å². The highest BCUT2D eigenvalue weighted by molar-refractivity contribution is 9.10. The van der Waals surface area contributed by atoms with Crippen molar-refractivity contribution in [2.24, 2.45) is 0 Å². The quantitative estimate of drug-likeness (QED) is 0.525. The predicted octanol–water partition coefficient (Wildman–Crippen LogP) is 4.31. The fourth-order valence-electron chi connectivity index (χ4n) is 2.52. The molecule has 0 atom stereocenters. The Kier molecular flexibility index (Phi) is 4.62. The van der Waals surface area contributed by atoms with E-state index in [1.54, 1.807) is 6.20 Å². The average Bonchev–Trinajstić information content (AvgIpc) is 3.17. The van der Waals surface area contributed by atoms with E-state index in [1.807, 2.05) is 12.1 Å². The van der Waals surface area contributed by atoms with Gasteiger partial charge in [0.2, 0.25) is 5.95 Å². The maximum absolute atomic E-state index is 5.32. The van der Waals surface area contributed by atoms with Crippen LogP contribution in [0.3, 0.4) is 0 Å². The van der Waals surface area contributed by atoms with Crippen molar-refractivity contribution in [2.45, 2.75) is 45.1 Å². The summed E-state index contributed by atoms with van der Waals surface area (Å²) in [5.74, 6) is 3.60. The fourth-order valence-corrected chi connectivity index (χ4v) is 2.81. The highest BCUT2D eigenvalue weighted by Gasteiger charge is 2.25. The van der Waals surface area contributed by atoms with E-state index in [1.165, 1.54) is 18.5 Å². The van der Waals surface area contributed by atoms with Gasteiger partial charge in [0.25, 0.3) is 0 Å². The van der Waals surface area contributed by atoms with Gasteiger partial charge in [-0.05, 0) is 34.7 Å². The molecule has 9 heteroatoms. The van der Waals surface area contributed by atoms with E-state index >= 15 is 0 Å². The van der Waals surface area contributed by atoms with E-state index in [4.69, 9.17) is 4.52 Å². The number of hydrogen-bond acceptors (Lipinski definition) is 7. The van der Waals surface area contributed by atoms with Crippen molar-refractivity contribution in [3.05, 3.63) is 40.0 Å². The summed E-state index contributed by atoms with van der Waals surface area (Å²) in [6.07, 6.45) is 4.16. The molecule has 8 nitrogen and oxygen atoms in total. The van der Waals surface area contributed by atoms with Crippen LogP contribution in [0.4, 0.5) is 17.6 Å². The van der Waals surface area contributed by atoms with E-state index in [0.29, 0.717) is 30.1 Å². The fraction of sp³-hybridized carbons (Fsp3) is 0.412. The minimum Gasteiger partial charge on any atom is -0.359 e. The lowest BCUT2D eigenvalue weighted by Crippen LogP contribution is -2.05. The largest absolute Gasteiger partial charge is 0.359 e. The standard InChI is InChI=1S/C17H20BrN7O/c1-9(2)13-5-11(26-25-13)7-19-17-20-8-12(18)16(22-17)21-15-6-14(23-24-15)10-3-4-10/h5-6,8-10H,3-4,7H2,1-2H3,(H3,19,20,21,22,23,24). The lowest BCUT2D eigenvalue weighted by molar-refractivity contribution is 0.379. The minimum atomic E-state index is 0.335. The zero-order valence-electron chi connectivity index (χ0n) is 14.6. The third-order valence-corrected chi connectivity index (χ3v) is 4.78. The summed E-state index contributed by atoms with van der Waals surface area (Å²) < 4.78 is 6.09. The van der Waals surface area contributed by atoms with Crippen LogP contribution >= 0.6 is 15.9 Å². The van der Waals surface area contributed by atoms with Crippen molar-refractivity contribution in [1.82, 2.24) is 25.3 Å². The molecule has 3 aromatic rings. The molecule has 0 bridgehead atoms. The molecule has 4 rings (SSSR count). The Morgan fingerprint density at radius 1 is 1.35 bits per heavy atom. The number of aromatic nitrogens is 5. The first-order chi connectivity index (χ1) is 12.6. The summed E-state index contributed by atoms with van der Waals surface area (Å²) in [6, 6.07) is 3.97. The Morgan fingerprint density at radius 3 is 2.92 bits per heavy atom. The van der Waals surface area contributed by atoms with Crippen LogP contribution in [-0.2, 0) is 6.54 Å². The molecular formula is C17H20BrN7O. The molecule has 0 spiro atoms. The van der Waals surface area contributed by atoms with Crippen molar-refractivity contribution in [1.29, 1.82) is 0 Å². The number of halogens is 1. The SMILES string of the molecule is CC(C)c1cc(CNc2ncc(Br)c(Nc3cc(C4CC4)[nH]n3)n2)on1. The maximum atomic E-state index is 5.32. The lowest BCUT2D eigenvalue weighted by atomic mass is 10.1. The lowest BCUT2D eigenvalue weighted by Gasteiger charge is -2.07. The number of hydrogen-bond donors (Lipinski definition) is 3. The molecule has 0 radical (unpaired) electrons. The van der Waals surface area contributed by atoms with Crippen LogP contribution in [0.2, 0.25) is 0 Å². The molecular weight excluding hydrogens is 398 g/mol. The monoisotopic (exact) mass is 417 g/mol. The van der Waals surface area contributed by atoms with Gasteiger partial charge in [-0.25, -0.2) is 4.98 Å². The van der Waals surface area contributed by atoms with Crippen LogP contribution < -0.4 is 10.6 Å². The second-order valence-electron chi connectivity index (χ2n) is 6.72. The Bertz CT molecular complexity index is 900. The topological polar surface area (TPSA) is 105 Å². The molecule has 0 aromatic carbocycles. The first kappa shape index (κ1) is 17.0. The third-order valence-electron chi connectivity index (χ3n) is 4.19. The van der Waals surface area contributed by atoms with Crippen LogP contribution in [0.25, 0.3) is 0 Å². The van der Waals surface area contributed by atoms with Crippen molar-refractivity contribution in [3.8, 4) is 0 Å². The zero-order chi connectivity index (χ0) is 18.1. The second-order valence-corrected chi connectivity index (χ2v) is 7.58. The molecule has 1 aliphatic carbocycles. The van der Waals surface area contributed by atoms with E-state index < -0.39 is 0 Å². The van der Waals surface area contributed by atoms with Gasteiger partial charge in [0.15, 0.2) is 17.4 Å². The van der Waals surface area contributed by atoms with Gasteiger partial charge >= 0.3 is 0 Å². The molecule has 0 aliphatic heterocycles. The molecule has 1 fully saturated rings. The Hall–Kier alpha value is -2.42. The van der Waals surface area contributed by atoms with Crippen molar-refractivity contribution in [3.63, 3.8) is 0 Å². The van der Waals surface area contributed by atoms with Gasteiger partial charge in [0.05, 0.1) is 16.7 Å². The number of nitrogens with one attached hydrogen (secondary N) is 3. The van der Waals surface area contributed by atoms with Gasteiger partial charge in [0, 0.05) is 29.9 Å². The summed E-state index contributed by atoms with van der Waals surface area (Å²) in [6.45, 7) is 4.62. The zero-order valence-corrected chi connectivity index (χ0v) is 16.2. The number of aromatic amines is 1. The molecule has 0 amide bonds. The third kappa shape index (κ3) is 3.87. The number of rotatable bonds is 7.